The van der Waals surface area contributed by atoms with Gasteiger partial charge in [0.2, 0.25) is 0 Å². The molecule has 1 aliphatic heterocycles. The minimum Gasteiger partial charge on any atom is -0.463 e. The standard InChI is InChI=1S/C25H32N4O2/c1-4-16-27-23(26)22-21(18-12-8-6-9-13-18)20(25(30)31-5-2)17(3)28-24(22)29-19-14-10-7-11-15-19/h6-15,21-22,24,28-29H,4-5,16H2,1-3H3,(H2,26,27). The predicted octanol–water partition coefficient (Wildman–Crippen LogP) is 4.03. The molecule has 0 saturated carbocycles. The Kier molecular flexibility index (Phi) is 7.70. The highest BCUT2D eigenvalue weighted by Gasteiger charge is 2.43. The molecule has 2 aromatic rings. The monoisotopic (exact) mass is 420 g/mol. The van der Waals surface area contributed by atoms with Crippen molar-refractivity contribution in [3.8, 4) is 0 Å². The summed E-state index contributed by atoms with van der Waals surface area (Å²) >= 11 is 0. The molecule has 3 rings (SSSR count). The molecule has 3 unspecified atom stereocenters. The predicted molar refractivity (Wildman–Crippen MR) is 126 cm³/mol. The number of allylic oxidation sites excluding steroid dienone is 1. The first-order chi connectivity index (χ1) is 15.1. The molecule has 0 aromatic heterocycles. The highest BCUT2D eigenvalue weighted by molar-refractivity contribution is 5.95. The molecule has 164 valence electrons. The fourth-order valence-corrected chi connectivity index (χ4v) is 4.06. The number of para-hydroxylation sites is 1. The summed E-state index contributed by atoms with van der Waals surface area (Å²) in [5.41, 5.74) is 9.93. The minimum atomic E-state index is -0.326. The third kappa shape index (κ3) is 5.26. The Bertz CT molecular complexity index is 925. The van der Waals surface area contributed by atoms with Gasteiger partial charge in [-0.1, -0.05) is 55.5 Å². The van der Waals surface area contributed by atoms with Crippen LogP contribution in [0.25, 0.3) is 0 Å². The smallest absolute Gasteiger partial charge is 0.336 e. The highest BCUT2D eigenvalue weighted by atomic mass is 16.5. The van der Waals surface area contributed by atoms with E-state index >= 15 is 0 Å². The van der Waals surface area contributed by atoms with E-state index in [4.69, 9.17) is 10.5 Å². The van der Waals surface area contributed by atoms with Gasteiger partial charge >= 0.3 is 5.97 Å². The lowest BCUT2D eigenvalue weighted by atomic mass is 9.74. The fourth-order valence-electron chi connectivity index (χ4n) is 4.06. The molecule has 4 N–H and O–H groups in total. The van der Waals surface area contributed by atoms with E-state index in [1.165, 1.54) is 0 Å². The van der Waals surface area contributed by atoms with Gasteiger partial charge < -0.3 is 21.1 Å². The second-order valence-corrected chi connectivity index (χ2v) is 7.61. The van der Waals surface area contributed by atoms with E-state index in [-0.39, 0.29) is 24.0 Å². The van der Waals surface area contributed by atoms with Crippen LogP contribution in [0.2, 0.25) is 0 Å². The van der Waals surface area contributed by atoms with Gasteiger partial charge in [0.15, 0.2) is 0 Å². The lowest BCUT2D eigenvalue weighted by Crippen LogP contribution is -2.54. The molecule has 2 aromatic carbocycles. The molecular weight excluding hydrogens is 388 g/mol. The normalized spacial score (nSPS) is 21.4. The molecule has 0 aliphatic carbocycles. The van der Waals surface area contributed by atoms with E-state index in [0.717, 1.165) is 23.4 Å². The Labute approximate surface area is 184 Å². The summed E-state index contributed by atoms with van der Waals surface area (Å²) in [6.45, 7) is 6.75. The average Bonchev–Trinajstić information content (AvgIpc) is 2.78. The zero-order chi connectivity index (χ0) is 22.2. The number of nitrogens with zero attached hydrogens (tertiary/aromatic N) is 1. The maximum atomic E-state index is 13.0. The van der Waals surface area contributed by atoms with Crippen molar-refractivity contribution in [3.05, 3.63) is 77.5 Å². The van der Waals surface area contributed by atoms with Crippen LogP contribution in [0.3, 0.4) is 0 Å². The van der Waals surface area contributed by atoms with Gasteiger partial charge in [-0.2, -0.15) is 0 Å². The van der Waals surface area contributed by atoms with Crippen molar-refractivity contribution in [1.82, 2.24) is 5.32 Å². The van der Waals surface area contributed by atoms with E-state index in [1.807, 2.05) is 74.5 Å². The Hall–Kier alpha value is -3.28. The number of rotatable bonds is 8. The van der Waals surface area contributed by atoms with Crippen LogP contribution in [0.15, 0.2) is 76.9 Å². The third-order valence-corrected chi connectivity index (χ3v) is 5.41. The van der Waals surface area contributed by atoms with E-state index in [9.17, 15) is 4.79 Å². The number of anilines is 1. The number of ether oxygens (including phenoxy) is 1. The zero-order valence-corrected chi connectivity index (χ0v) is 18.5. The molecule has 0 radical (unpaired) electrons. The van der Waals surface area contributed by atoms with Crippen LogP contribution in [0.5, 0.6) is 0 Å². The zero-order valence-electron chi connectivity index (χ0n) is 18.5. The number of esters is 1. The van der Waals surface area contributed by atoms with E-state index in [0.29, 0.717) is 24.6 Å². The quantitative estimate of drug-likeness (QED) is 0.341. The van der Waals surface area contributed by atoms with Crippen molar-refractivity contribution < 1.29 is 9.53 Å². The highest BCUT2D eigenvalue weighted by Crippen LogP contribution is 2.40. The van der Waals surface area contributed by atoms with Crippen LogP contribution in [0.4, 0.5) is 5.69 Å². The molecule has 0 saturated heterocycles. The van der Waals surface area contributed by atoms with Crippen molar-refractivity contribution >= 4 is 17.5 Å². The lowest BCUT2D eigenvalue weighted by Gasteiger charge is -2.41. The number of nitrogens with two attached hydrogens (primary N) is 1. The molecule has 1 aliphatic rings. The molecule has 6 nitrogen and oxygen atoms in total. The second kappa shape index (κ2) is 10.7. The summed E-state index contributed by atoms with van der Waals surface area (Å²) < 4.78 is 5.43. The molecule has 6 heteroatoms. The van der Waals surface area contributed by atoms with Crippen LogP contribution in [0, 0.1) is 5.92 Å². The summed E-state index contributed by atoms with van der Waals surface area (Å²) in [4.78, 5) is 17.7. The van der Waals surface area contributed by atoms with E-state index < -0.39 is 0 Å². The summed E-state index contributed by atoms with van der Waals surface area (Å²) in [5.74, 6) is -0.376. The number of benzene rings is 2. The summed E-state index contributed by atoms with van der Waals surface area (Å²) in [6.07, 6.45) is 0.652. The minimum absolute atomic E-state index is 0.244. The number of carbonyl (C=O) groups is 1. The Morgan fingerprint density at radius 2 is 1.74 bits per heavy atom. The Morgan fingerprint density at radius 1 is 1.10 bits per heavy atom. The van der Waals surface area contributed by atoms with Gasteiger partial charge in [-0.3, -0.25) is 4.99 Å². The lowest BCUT2D eigenvalue weighted by molar-refractivity contribution is -0.139. The molecule has 0 amide bonds. The molecule has 0 bridgehead atoms. The van der Waals surface area contributed by atoms with Gasteiger partial charge in [-0.15, -0.1) is 0 Å². The average molecular weight is 421 g/mol. The maximum Gasteiger partial charge on any atom is 0.336 e. The Balaban J connectivity index is 2.13. The topological polar surface area (TPSA) is 88.7 Å². The summed E-state index contributed by atoms with van der Waals surface area (Å²) in [6, 6.07) is 19.9. The van der Waals surface area contributed by atoms with Crippen molar-refractivity contribution in [1.29, 1.82) is 0 Å². The van der Waals surface area contributed by atoms with Gasteiger partial charge in [-0.05, 0) is 38.0 Å². The molecule has 0 spiro atoms. The van der Waals surface area contributed by atoms with Gasteiger partial charge in [0.05, 0.1) is 18.1 Å². The van der Waals surface area contributed by atoms with Gasteiger partial charge in [0, 0.05) is 23.8 Å². The van der Waals surface area contributed by atoms with Crippen molar-refractivity contribution in [2.75, 3.05) is 18.5 Å². The maximum absolute atomic E-state index is 13.0. The summed E-state index contributed by atoms with van der Waals surface area (Å²) in [5, 5.41) is 7.02. The van der Waals surface area contributed by atoms with Crippen LogP contribution in [-0.2, 0) is 9.53 Å². The van der Waals surface area contributed by atoms with Crippen LogP contribution < -0.4 is 16.4 Å². The van der Waals surface area contributed by atoms with Crippen molar-refractivity contribution in [2.24, 2.45) is 16.6 Å². The van der Waals surface area contributed by atoms with Crippen LogP contribution in [0.1, 0.15) is 38.7 Å². The molecule has 3 atom stereocenters. The van der Waals surface area contributed by atoms with Crippen LogP contribution >= 0.6 is 0 Å². The Morgan fingerprint density at radius 3 is 2.35 bits per heavy atom. The van der Waals surface area contributed by atoms with E-state index in [1.54, 1.807) is 0 Å². The fraction of sp³-hybridized carbons (Fsp3) is 0.360. The largest absolute Gasteiger partial charge is 0.463 e. The van der Waals surface area contributed by atoms with Gasteiger partial charge in [0.1, 0.15) is 12.0 Å². The van der Waals surface area contributed by atoms with Crippen molar-refractivity contribution in [3.63, 3.8) is 0 Å². The summed E-state index contributed by atoms with van der Waals surface area (Å²) in [7, 11) is 0. The number of hydrogen-bond acceptors (Lipinski definition) is 5. The number of amidine groups is 1. The molecule has 31 heavy (non-hydrogen) atoms. The first-order valence-corrected chi connectivity index (χ1v) is 10.9. The first-order valence-electron chi connectivity index (χ1n) is 10.9. The SMILES string of the molecule is CCCN=C(N)C1C(Nc2ccccc2)NC(C)=C(C(=O)OCC)C1c1ccccc1. The first kappa shape index (κ1) is 22.4. The van der Waals surface area contributed by atoms with Crippen molar-refractivity contribution in [2.45, 2.75) is 39.3 Å². The number of hydrogen-bond donors (Lipinski definition) is 3. The van der Waals surface area contributed by atoms with E-state index in [2.05, 4.69) is 22.5 Å². The third-order valence-electron chi connectivity index (χ3n) is 5.41. The van der Waals surface area contributed by atoms with Crippen LogP contribution in [-0.4, -0.2) is 31.1 Å². The molecular formula is C25H32N4O2. The number of nitrogens with one attached hydrogen (secondary N) is 2. The molecule has 1 heterocycles. The van der Waals surface area contributed by atoms with Gasteiger partial charge in [-0.25, -0.2) is 4.79 Å². The molecule has 0 fully saturated rings. The van der Waals surface area contributed by atoms with Gasteiger partial charge in [0.25, 0.3) is 0 Å². The number of aliphatic imine (C=N–C) groups is 1. The second-order valence-electron chi connectivity index (χ2n) is 7.61. The number of carbonyl (C=O) groups excluding carboxylic acids is 1.